The zero-order valence-electron chi connectivity index (χ0n) is 24.1. The van der Waals surface area contributed by atoms with E-state index in [-0.39, 0.29) is 31.0 Å². The van der Waals surface area contributed by atoms with Gasteiger partial charge in [-0.3, -0.25) is 9.59 Å². The molecule has 0 amide bonds. The molecule has 0 N–H and O–H groups in total. The molecule has 1 unspecified atom stereocenters. The van der Waals surface area contributed by atoms with Crippen molar-refractivity contribution in [2.75, 3.05) is 6.61 Å². The van der Waals surface area contributed by atoms with E-state index in [1.165, 1.54) is 0 Å². The number of benzene rings is 3. The van der Waals surface area contributed by atoms with Crippen molar-refractivity contribution in [1.29, 1.82) is 0 Å². The van der Waals surface area contributed by atoms with Gasteiger partial charge in [-0.2, -0.15) is 0 Å². The molecule has 7 heteroatoms. The van der Waals surface area contributed by atoms with Gasteiger partial charge in [0.25, 0.3) is 0 Å². The Morgan fingerprint density at radius 1 is 0.829 bits per heavy atom. The van der Waals surface area contributed by atoms with Crippen molar-refractivity contribution >= 4 is 35.0 Å². The lowest BCUT2D eigenvalue weighted by Crippen LogP contribution is -2.24. The van der Waals surface area contributed by atoms with Crippen LogP contribution in [0.4, 0.5) is 0 Å². The highest BCUT2D eigenvalue weighted by Crippen LogP contribution is 2.48. The van der Waals surface area contributed by atoms with Crippen LogP contribution in [0, 0.1) is 13.8 Å². The first kappa shape index (κ1) is 31.7. The molecule has 0 aliphatic heterocycles. The Morgan fingerprint density at radius 3 is 1.80 bits per heavy atom. The van der Waals surface area contributed by atoms with Crippen LogP contribution < -0.4 is 10.6 Å². The second-order valence-corrected chi connectivity index (χ2v) is 12.9. The van der Waals surface area contributed by atoms with E-state index in [9.17, 15) is 18.9 Å². The Kier molecular flexibility index (Phi) is 10.9. The number of carbonyl (C=O) groups is 3. The van der Waals surface area contributed by atoms with Crippen LogP contribution >= 0.6 is 7.14 Å². The molecular formula is C34H37O6P. The summed E-state index contributed by atoms with van der Waals surface area (Å²) in [6.45, 7) is 14.3. The first-order valence-electron chi connectivity index (χ1n) is 13.4. The average molecular weight is 573 g/mol. The maximum absolute atomic E-state index is 14.6. The molecule has 0 spiro atoms. The molecule has 0 fully saturated rings. The van der Waals surface area contributed by atoms with Crippen LogP contribution in [0.1, 0.15) is 53.7 Å². The van der Waals surface area contributed by atoms with Crippen molar-refractivity contribution in [2.24, 2.45) is 0 Å². The van der Waals surface area contributed by atoms with E-state index in [1.54, 1.807) is 62.4 Å². The third-order valence-corrected chi connectivity index (χ3v) is 9.58. The minimum atomic E-state index is -3.66. The van der Waals surface area contributed by atoms with Crippen LogP contribution in [-0.2, 0) is 30.2 Å². The zero-order valence-corrected chi connectivity index (χ0v) is 25.0. The number of allylic oxidation sites excluding steroid dienone is 1. The van der Waals surface area contributed by atoms with E-state index in [0.717, 1.165) is 5.56 Å². The summed E-state index contributed by atoms with van der Waals surface area (Å²) in [5, 5.41) is 0.970. The fourth-order valence-corrected chi connectivity index (χ4v) is 7.14. The summed E-state index contributed by atoms with van der Waals surface area (Å²) in [5.74, 6) is -0.610. The van der Waals surface area contributed by atoms with Crippen LogP contribution in [0.5, 0.6) is 0 Å². The molecule has 6 nitrogen and oxygen atoms in total. The number of carbonyl (C=O) groups excluding carboxylic acids is 3. The van der Waals surface area contributed by atoms with E-state index >= 15 is 0 Å². The normalized spacial score (nSPS) is 11.9. The Hall–Kier alpha value is -3.86. The number of rotatable bonds is 14. The first-order chi connectivity index (χ1) is 19.4. The van der Waals surface area contributed by atoms with Crippen molar-refractivity contribution in [3.8, 4) is 0 Å². The first-order valence-corrected chi connectivity index (χ1v) is 15.1. The summed E-state index contributed by atoms with van der Waals surface area (Å²) in [6, 6.07) is 21.4. The lowest BCUT2D eigenvalue weighted by atomic mass is 10.0. The molecule has 0 aromatic heterocycles. The van der Waals surface area contributed by atoms with Gasteiger partial charge in [0.2, 0.25) is 12.7 Å². The summed E-state index contributed by atoms with van der Waals surface area (Å²) in [7, 11) is -3.66. The number of aryl methyl sites for hydroxylation is 2. The van der Waals surface area contributed by atoms with Crippen LogP contribution in [0.2, 0.25) is 0 Å². The quantitative estimate of drug-likeness (QED) is 0.126. The average Bonchev–Trinajstić information content (AvgIpc) is 2.96. The van der Waals surface area contributed by atoms with Gasteiger partial charge in [0.1, 0.15) is 6.61 Å². The van der Waals surface area contributed by atoms with Crippen molar-refractivity contribution in [3.63, 3.8) is 0 Å². The molecule has 3 aromatic rings. The van der Waals surface area contributed by atoms with Gasteiger partial charge < -0.3 is 14.0 Å². The van der Waals surface area contributed by atoms with Gasteiger partial charge in [-0.25, -0.2) is 4.79 Å². The third kappa shape index (κ3) is 7.87. The number of ether oxygens (including phenoxy) is 2. The zero-order chi connectivity index (χ0) is 30.2. The van der Waals surface area contributed by atoms with E-state index < -0.39 is 24.7 Å². The van der Waals surface area contributed by atoms with Crippen molar-refractivity contribution < 1.29 is 28.4 Å². The van der Waals surface area contributed by atoms with Gasteiger partial charge in [0, 0.05) is 28.2 Å². The van der Waals surface area contributed by atoms with Crippen LogP contribution in [-0.4, -0.2) is 30.0 Å². The maximum Gasteiger partial charge on any atom is 0.333 e. The van der Waals surface area contributed by atoms with Gasteiger partial charge in [-0.15, -0.1) is 0 Å². The molecule has 3 rings (SSSR count). The Morgan fingerprint density at radius 2 is 1.34 bits per heavy atom. The molecule has 0 saturated carbocycles. The summed E-state index contributed by atoms with van der Waals surface area (Å²) in [4.78, 5) is 38.1. The Labute approximate surface area is 242 Å². The molecular weight excluding hydrogens is 535 g/mol. The molecule has 0 aliphatic carbocycles. The number of hydrogen-bond acceptors (Lipinski definition) is 6. The molecule has 1 atom stereocenters. The van der Waals surface area contributed by atoms with E-state index in [0.29, 0.717) is 39.3 Å². The predicted molar refractivity (Wildman–Crippen MR) is 163 cm³/mol. The number of esters is 1. The second-order valence-electron chi connectivity index (χ2n) is 10.2. The highest BCUT2D eigenvalue weighted by Gasteiger charge is 2.38. The Bertz CT molecular complexity index is 1390. The van der Waals surface area contributed by atoms with E-state index in [1.807, 2.05) is 38.1 Å². The maximum atomic E-state index is 14.6. The third-order valence-electron chi connectivity index (χ3n) is 6.74. The summed E-state index contributed by atoms with van der Waals surface area (Å²) < 4.78 is 26.0. The van der Waals surface area contributed by atoms with Gasteiger partial charge >= 0.3 is 5.97 Å². The largest absolute Gasteiger partial charge is 0.460 e. The number of ketones is 1. The minimum absolute atomic E-state index is 0.0268. The lowest BCUT2D eigenvalue weighted by Gasteiger charge is -2.22. The van der Waals surface area contributed by atoms with E-state index in [2.05, 4.69) is 13.2 Å². The summed E-state index contributed by atoms with van der Waals surface area (Å²) in [5.41, 5.74) is 2.90. The van der Waals surface area contributed by atoms with Crippen molar-refractivity contribution in [3.05, 3.63) is 119 Å². The van der Waals surface area contributed by atoms with Crippen molar-refractivity contribution in [1.82, 2.24) is 0 Å². The summed E-state index contributed by atoms with van der Waals surface area (Å²) in [6.07, 6.45) is 0.0330. The highest BCUT2D eigenvalue weighted by molar-refractivity contribution is 7.93. The van der Waals surface area contributed by atoms with Crippen molar-refractivity contribution in [2.45, 2.75) is 53.2 Å². The molecule has 0 radical (unpaired) electrons. The fourth-order valence-electron chi connectivity index (χ4n) is 4.52. The molecule has 0 aliphatic rings. The number of Topliss-reactive ketones (excluding diaryl/α,β-unsaturated/α-hetero) is 1. The smallest absolute Gasteiger partial charge is 0.333 e. The topological polar surface area (TPSA) is 86.7 Å². The molecule has 0 heterocycles. The van der Waals surface area contributed by atoms with Gasteiger partial charge in [0.15, 0.2) is 5.78 Å². The van der Waals surface area contributed by atoms with Crippen LogP contribution in [0.25, 0.3) is 0 Å². The minimum Gasteiger partial charge on any atom is -0.460 e. The van der Waals surface area contributed by atoms with Crippen LogP contribution in [0.15, 0.2) is 97.1 Å². The van der Waals surface area contributed by atoms with Crippen LogP contribution in [0.3, 0.4) is 0 Å². The van der Waals surface area contributed by atoms with Gasteiger partial charge in [0.05, 0.1) is 12.7 Å². The fraction of sp³-hybridized carbons (Fsp3) is 0.265. The van der Waals surface area contributed by atoms with Gasteiger partial charge in [-0.05, 0) is 56.4 Å². The molecule has 0 saturated heterocycles. The van der Waals surface area contributed by atoms with E-state index in [4.69, 9.17) is 9.47 Å². The molecule has 41 heavy (non-hydrogen) atoms. The highest BCUT2D eigenvalue weighted by atomic mass is 31.2. The second kappa shape index (κ2) is 14.2. The molecule has 3 aromatic carbocycles. The summed E-state index contributed by atoms with van der Waals surface area (Å²) >= 11 is 0. The SMILES string of the molecule is C=C(C)C(=O)CCC(COC(=O)C(=C)C)OCc1cc(C)c(C(=O)P(=O)(c2ccccc2)c2ccccc2)c(C)c1. The number of hydrogen-bond donors (Lipinski definition) is 0. The van der Waals surface area contributed by atoms with Gasteiger partial charge in [-0.1, -0.05) is 86.0 Å². The molecule has 0 bridgehead atoms. The predicted octanol–water partition coefficient (Wildman–Crippen LogP) is 6.39. The monoisotopic (exact) mass is 572 g/mol. The standard InChI is InChI=1S/C34H37O6P/c1-23(2)31(35)18-17-28(22-40-33(36)24(3)4)39-21-27-19-25(5)32(26(6)20-27)34(37)41(38,29-13-9-7-10-14-29)30-15-11-8-12-16-30/h7-16,19-20,28H,1,3,17-18,21-22H2,2,4-6H3. The molecule has 214 valence electrons. The lowest BCUT2D eigenvalue weighted by molar-refractivity contribution is -0.143. The Balaban J connectivity index is 1.87.